The van der Waals surface area contributed by atoms with E-state index < -0.39 is 0 Å². The maximum Gasteiger partial charge on any atom is 0.123 e. The molecule has 4 heterocycles. The quantitative estimate of drug-likeness (QED) is 0.102. The summed E-state index contributed by atoms with van der Waals surface area (Å²) in [7, 11) is 0. The lowest BCUT2D eigenvalue weighted by atomic mass is 10.2. The second-order valence-corrected chi connectivity index (χ2v) is 21.2. The molecule has 0 radical (unpaired) electrons. The fraction of sp³-hybridized carbons (Fsp3) is 0.455. The largest absolute Gasteiger partial charge is 0.492 e. The van der Waals surface area contributed by atoms with Gasteiger partial charge in [0.1, 0.15) is 74.1 Å². The van der Waals surface area contributed by atoms with Crippen LogP contribution < -0.4 is 60.3 Å². The average molecular weight is 1120 g/mol. The molecule has 82 heavy (non-hydrogen) atoms. The predicted molar refractivity (Wildman–Crippen MR) is 328 cm³/mol. The minimum atomic E-state index is 0.535. The highest BCUT2D eigenvalue weighted by atomic mass is 16.5. The van der Waals surface area contributed by atoms with Gasteiger partial charge < -0.3 is 60.3 Å². The van der Waals surface area contributed by atoms with E-state index in [0.29, 0.717) is 52.7 Å². The Hall–Kier alpha value is -6.28. The summed E-state index contributed by atoms with van der Waals surface area (Å²) >= 11 is 0. The summed E-state index contributed by atoms with van der Waals surface area (Å²) in [6, 6.07) is 50.5. The molecule has 0 aliphatic carbocycles. The lowest BCUT2D eigenvalue weighted by molar-refractivity contribution is 0.152. The molecule has 16 heteroatoms. The first-order chi connectivity index (χ1) is 40.7. The second kappa shape index (κ2) is 35.0. The van der Waals surface area contributed by atoms with Crippen molar-refractivity contribution in [1.29, 1.82) is 0 Å². The van der Waals surface area contributed by atoms with E-state index in [2.05, 4.69) is 197 Å². The van der Waals surface area contributed by atoms with Gasteiger partial charge in [0, 0.05) is 190 Å². The minimum absolute atomic E-state index is 0.535. The van der Waals surface area contributed by atoms with E-state index in [1.54, 1.807) is 0 Å². The summed E-state index contributed by atoms with van der Waals surface area (Å²) in [4.78, 5) is 9.84. The molecule has 0 fully saturated rings. The fourth-order valence-electron chi connectivity index (χ4n) is 10.6. The van der Waals surface area contributed by atoms with Gasteiger partial charge in [-0.15, -0.1) is 0 Å². The number of nitrogens with one attached hydrogen (secondary N) is 6. The number of hydrogen-bond donors (Lipinski definition) is 6. The van der Waals surface area contributed by atoms with Crippen molar-refractivity contribution < 1.29 is 28.4 Å². The molecule has 4 aliphatic heterocycles. The number of rotatable bonds is 0. The van der Waals surface area contributed by atoms with Crippen molar-refractivity contribution in [2.24, 2.45) is 0 Å². The molecule has 4 bridgehead atoms. The molecule has 6 N–H and O–H groups in total. The second-order valence-electron chi connectivity index (χ2n) is 21.2. The van der Waals surface area contributed by atoms with E-state index in [-0.39, 0.29) is 0 Å². The zero-order valence-corrected chi connectivity index (χ0v) is 48.3. The molecule has 6 aromatic carbocycles. The predicted octanol–water partition coefficient (Wildman–Crippen LogP) is 6.25. The van der Waals surface area contributed by atoms with Crippen molar-refractivity contribution in [2.75, 3.05) is 157 Å². The molecule has 0 amide bonds. The van der Waals surface area contributed by atoms with E-state index in [1.165, 1.54) is 0 Å². The van der Waals surface area contributed by atoms with Crippen LogP contribution in [0.3, 0.4) is 0 Å². The van der Waals surface area contributed by atoms with E-state index in [4.69, 9.17) is 28.4 Å². The number of hydrogen-bond acceptors (Lipinski definition) is 16. The van der Waals surface area contributed by atoms with Gasteiger partial charge in [-0.1, -0.05) is 109 Å². The van der Waals surface area contributed by atoms with Crippen molar-refractivity contribution >= 4 is 0 Å². The molecule has 6 aromatic rings. The number of fused-ring (bicyclic) bond motifs is 21. The number of nitrogens with zero attached hydrogens (tertiary/aromatic N) is 4. The standard InChI is InChI=1S/C66H90N10O6/c1-7-19-61-55(13-1)49-67-25-31-73-32-26-68-50-56-14-2-8-20-62(56)78-44-38-75(37-43-77-61)41-47-81-65-23-11-5-18-60(65)54-72-30-36-74-33-27-69-51-57-15-3-9-21-63(57)79-45-39-76(40-46-80-64-22-10-4-16-58(64)52-70-28-34-74)42-48-82-66-24-12-6-17-59(66)53-71-29-35-73/h1-24,67-72H,25-54H2. The number of benzene rings is 6. The van der Waals surface area contributed by atoms with E-state index in [9.17, 15) is 0 Å². The van der Waals surface area contributed by atoms with Gasteiger partial charge in [-0.25, -0.2) is 0 Å². The monoisotopic (exact) mass is 1120 g/mol. The van der Waals surface area contributed by atoms with Crippen LogP contribution in [-0.4, -0.2) is 177 Å². The molecule has 0 atom stereocenters. The van der Waals surface area contributed by atoms with Gasteiger partial charge >= 0.3 is 0 Å². The molecule has 440 valence electrons. The minimum Gasteiger partial charge on any atom is -0.492 e. The summed E-state index contributed by atoms with van der Waals surface area (Å²) in [6.45, 7) is 22.4. The van der Waals surface area contributed by atoms with Crippen LogP contribution in [0.5, 0.6) is 34.5 Å². The van der Waals surface area contributed by atoms with Crippen LogP contribution in [0, 0.1) is 0 Å². The molecule has 16 nitrogen and oxygen atoms in total. The van der Waals surface area contributed by atoms with Crippen LogP contribution >= 0.6 is 0 Å². The summed E-state index contributed by atoms with van der Waals surface area (Å²) in [6.07, 6.45) is 0. The van der Waals surface area contributed by atoms with Crippen molar-refractivity contribution in [3.8, 4) is 34.5 Å². The molecule has 10 rings (SSSR count). The SMILES string of the molecule is c1ccc2c(c1)CNCCN1CCNCc3ccccc3OCCN(CCO2)CCOc2ccccc2CNCCN2CCNCc3ccccc3OCCN(CCOc3ccccc3CNCC2)CCOc2ccccc2CNCC1. The van der Waals surface area contributed by atoms with Crippen molar-refractivity contribution in [2.45, 2.75) is 39.3 Å². The molecule has 4 aliphatic rings. The fourth-order valence-corrected chi connectivity index (χ4v) is 10.6. The highest BCUT2D eigenvalue weighted by molar-refractivity contribution is 5.37. The molecule has 0 spiro atoms. The first-order valence-corrected chi connectivity index (χ1v) is 30.1. The molecular weight excluding hydrogens is 1030 g/mol. The third kappa shape index (κ3) is 20.6. The number of ether oxygens (including phenoxy) is 6. The topological polar surface area (TPSA) is 141 Å². The maximum absolute atomic E-state index is 6.61. The Morgan fingerprint density at radius 1 is 0.207 bits per heavy atom. The average Bonchev–Trinajstić information content (AvgIpc) is 3.52. The van der Waals surface area contributed by atoms with E-state index >= 15 is 0 Å². The van der Waals surface area contributed by atoms with Gasteiger partial charge in [0.2, 0.25) is 0 Å². The summed E-state index contributed by atoms with van der Waals surface area (Å²) in [5, 5.41) is 22.5. The Kier molecular flexibility index (Phi) is 25.7. The normalized spacial score (nSPS) is 22.0. The summed E-state index contributed by atoms with van der Waals surface area (Å²) in [5.74, 6) is 5.46. The van der Waals surface area contributed by atoms with Gasteiger partial charge in [0.25, 0.3) is 0 Å². The summed E-state index contributed by atoms with van der Waals surface area (Å²) in [5.41, 5.74) is 6.91. The van der Waals surface area contributed by atoms with Crippen LogP contribution in [0.25, 0.3) is 0 Å². The summed E-state index contributed by atoms with van der Waals surface area (Å²) < 4.78 is 39.5. The Labute approximate surface area is 488 Å². The Morgan fingerprint density at radius 2 is 0.366 bits per heavy atom. The zero-order valence-electron chi connectivity index (χ0n) is 48.3. The van der Waals surface area contributed by atoms with Crippen LogP contribution in [-0.2, 0) is 39.3 Å². The third-order valence-electron chi connectivity index (χ3n) is 15.3. The highest BCUT2D eigenvalue weighted by Crippen LogP contribution is 2.23. The Morgan fingerprint density at radius 3 is 0.549 bits per heavy atom. The molecule has 0 saturated carbocycles. The van der Waals surface area contributed by atoms with Crippen molar-refractivity contribution in [3.63, 3.8) is 0 Å². The van der Waals surface area contributed by atoms with E-state index in [1.807, 2.05) is 0 Å². The first-order valence-electron chi connectivity index (χ1n) is 30.1. The van der Waals surface area contributed by atoms with E-state index in [0.717, 1.165) is 212 Å². The van der Waals surface area contributed by atoms with Crippen molar-refractivity contribution in [1.82, 2.24) is 51.5 Å². The highest BCUT2D eigenvalue weighted by Gasteiger charge is 2.16. The third-order valence-corrected chi connectivity index (χ3v) is 15.3. The van der Waals surface area contributed by atoms with Crippen LogP contribution in [0.2, 0.25) is 0 Å². The first kappa shape index (κ1) is 60.3. The lowest BCUT2D eigenvalue weighted by Gasteiger charge is -2.25. The van der Waals surface area contributed by atoms with Gasteiger partial charge in [0.05, 0.1) is 0 Å². The molecular formula is C66H90N10O6. The zero-order chi connectivity index (χ0) is 55.9. The van der Waals surface area contributed by atoms with Crippen LogP contribution in [0.15, 0.2) is 146 Å². The Balaban J connectivity index is 0.926. The van der Waals surface area contributed by atoms with Gasteiger partial charge in [-0.3, -0.25) is 19.6 Å². The lowest BCUT2D eigenvalue weighted by Crippen LogP contribution is -2.40. The van der Waals surface area contributed by atoms with Gasteiger partial charge in [-0.05, 0) is 36.4 Å². The van der Waals surface area contributed by atoms with Gasteiger partial charge in [0.15, 0.2) is 0 Å². The molecule has 0 aromatic heterocycles. The van der Waals surface area contributed by atoms with Gasteiger partial charge in [-0.2, -0.15) is 0 Å². The number of para-hydroxylation sites is 6. The molecule has 0 unspecified atom stereocenters. The van der Waals surface area contributed by atoms with Crippen LogP contribution in [0.4, 0.5) is 0 Å². The smallest absolute Gasteiger partial charge is 0.123 e. The van der Waals surface area contributed by atoms with Crippen LogP contribution in [0.1, 0.15) is 33.4 Å². The Bertz CT molecular complexity index is 2450. The van der Waals surface area contributed by atoms with Crippen molar-refractivity contribution in [3.05, 3.63) is 179 Å². The molecule has 0 saturated heterocycles. The maximum atomic E-state index is 6.61.